The summed E-state index contributed by atoms with van der Waals surface area (Å²) in [5.74, 6) is 2.56. The number of thiazole rings is 1. The zero-order valence-electron chi connectivity index (χ0n) is 21.5. The zero-order valence-corrected chi connectivity index (χ0v) is 23.1. The summed E-state index contributed by atoms with van der Waals surface area (Å²) in [5.41, 5.74) is 4.71. The van der Waals surface area contributed by atoms with Gasteiger partial charge in [-0.3, -0.25) is 13.7 Å². The third kappa shape index (κ3) is 4.70. The number of imidazole rings is 1. The van der Waals surface area contributed by atoms with E-state index in [9.17, 15) is 9.65 Å². The van der Waals surface area contributed by atoms with Crippen LogP contribution < -0.4 is 9.21 Å². The van der Waals surface area contributed by atoms with Crippen molar-refractivity contribution >= 4 is 45.7 Å². The number of rotatable bonds is 7. The minimum atomic E-state index is -0.328. The van der Waals surface area contributed by atoms with Crippen molar-refractivity contribution in [2.45, 2.75) is 26.7 Å². The van der Waals surface area contributed by atoms with Crippen LogP contribution in [0, 0.1) is 17.1 Å². The Balaban J connectivity index is 1.41. The molecule has 0 aliphatic carbocycles. The molecule has 0 atom stereocenters. The summed E-state index contributed by atoms with van der Waals surface area (Å²) in [6, 6.07) is 12.3. The molecule has 1 saturated heterocycles. The third-order valence-electron chi connectivity index (χ3n) is 6.58. The highest BCUT2D eigenvalue weighted by atomic mass is 32.2. The summed E-state index contributed by atoms with van der Waals surface area (Å²) in [6.45, 7) is 5.73. The van der Waals surface area contributed by atoms with Crippen LogP contribution in [0.25, 0.3) is 28.2 Å². The van der Waals surface area contributed by atoms with E-state index in [0.29, 0.717) is 27.8 Å². The molecular formula is C28H25FN8S2. The number of fused-ring (bicyclic) bond motifs is 1. The molecule has 8 nitrogen and oxygen atoms in total. The van der Waals surface area contributed by atoms with Crippen LogP contribution in [0.15, 0.2) is 55.0 Å². The number of aromatic nitrogens is 5. The van der Waals surface area contributed by atoms with Crippen LogP contribution in [0.2, 0.25) is 0 Å². The van der Waals surface area contributed by atoms with Crippen molar-refractivity contribution in [3.8, 4) is 28.6 Å². The Morgan fingerprint density at radius 2 is 1.87 bits per heavy atom. The van der Waals surface area contributed by atoms with Gasteiger partial charge in [0.15, 0.2) is 10.9 Å². The maximum Gasteiger partial charge on any atom is 0.192 e. The van der Waals surface area contributed by atoms with E-state index in [1.807, 2.05) is 37.6 Å². The Morgan fingerprint density at radius 3 is 2.54 bits per heavy atom. The largest absolute Gasteiger partial charge is 0.302 e. The van der Waals surface area contributed by atoms with Crippen molar-refractivity contribution in [2.24, 2.45) is 0 Å². The van der Waals surface area contributed by atoms with E-state index in [-0.39, 0.29) is 5.82 Å². The van der Waals surface area contributed by atoms with Gasteiger partial charge in [-0.05, 0) is 68.1 Å². The van der Waals surface area contributed by atoms with Crippen molar-refractivity contribution in [1.82, 2.24) is 24.3 Å². The Labute approximate surface area is 233 Å². The number of hydrogen-bond donors (Lipinski definition) is 0. The minimum absolute atomic E-state index is 0.328. The molecule has 5 heterocycles. The van der Waals surface area contributed by atoms with Crippen molar-refractivity contribution in [2.75, 3.05) is 28.0 Å². The third-order valence-corrected chi connectivity index (χ3v) is 8.71. The Hall–Kier alpha value is -4.01. The number of nitriles is 1. The fourth-order valence-corrected chi connectivity index (χ4v) is 6.58. The van der Waals surface area contributed by atoms with Gasteiger partial charge in [0.1, 0.15) is 33.9 Å². The van der Waals surface area contributed by atoms with Crippen LogP contribution in [0.3, 0.4) is 0 Å². The summed E-state index contributed by atoms with van der Waals surface area (Å²) in [7, 11) is 0. The average molecular weight is 557 g/mol. The molecule has 1 aliphatic rings. The molecule has 0 spiro atoms. The first kappa shape index (κ1) is 25.3. The first-order valence-corrected chi connectivity index (χ1v) is 14.5. The molecule has 11 heteroatoms. The summed E-state index contributed by atoms with van der Waals surface area (Å²) >= 11 is 3.11. The van der Waals surface area contributed by atoms with Gasteiger partial charge in [-0.1, -0.05) is 18.3 Å². The molecule has 1 aromatic carbocycles. The van der Waals surface area contributed by atoms with Crippen molar-refractivity contribution in [3.05, 3.63) is 71.4 Å². The minimum Gasteiger partial charge on any atom is -0.302 e. The molecule has 0 radical (unpaired) electrons. The molecule has 4 aromatic heterocycles. The molecule has 1 aliphatic heterocycles. The van der Waals surface area contributed by atoms with Crippen LogP contribution >= 0.6 is 23.3 Å². The second-order valence-corrected chi connectivity index (χ2v) is 11.1. The molecule has 6 rings (SSSR count). The Morgan fingerprint density at radius 1 is 1.05 bits per heavy atom. The molecule has 1 fully saturated rings. The van der Waals surface area contributed by atoms with Crippen LogP contribution in [-0.4, -0.2) is 43.2 Å². The normalized spacial score (nSPS) is 13.2. The molecule has 5 aromatic rings. The highest BCUT2D eigenvalue weighted by molar-refractivity contribution is 8.00. The summed E-state index contributed by atoms with van der Waals surface area (Å²) < 4.78 is 17.8. The van der Waals surface area contributed by atoms with Gasteiger partial charge >= 0.3 is 0 Å². The molecule has 0 saturated carbocycles. The van der Waals surface area contributed by atoms with Crippen molar-refractivity contribution in [1.29, 1.82) is 5.26 Å². The predicted molar refractivity (Wildman–Crippen MR) is 155 cm³/mol. The first-order chi connectivity index (χ1) is 19.1. The lowest BCUT2D eigenvalue weighted by Crippen LogP contribution is -2.19. The number of benzene rings is 1. The molecular weight excluding hydrogens is 531 g/mol. The molecule has 196 valence electrons. The topological polar surface area (TPSA) is 86.2 Å². The number of aryl methyl sites for hydroxylation is 1. The molecule has 0 amide bonds. The van der Waals surface area contributed by atoms with Gasteiger partial charge in [-0.15, -0.1) is 0 Å². The number of hydrogen-bond acceptors (Lipinski definition) is 9. The molecule has 0 bridgehead atoms. The van der Waals surface area contributed by atoms with Gasteiger partial charge < -0.3 is 4.90 Å². The van der Waals surface area contributed by atoms with Gasteiger partial charge in [0.05, 0.1) is 23.8 Å². The van der Waals surface area contributed by atoms with Crippen molar-refractivity contribution < 1.29 is 4.39 Å². The van der Waals surface area contributed by atoms with Crippen LogP contribution in [0.4, 0.5) is 21.2 Å². The monoisotopic (exact) mass is 556 g/mol. The maximum absolute atomic E-state index is 13.5. The lowest BCUT2D eigenvalue weighted by molar-refractivity contribution is 0.628. The quantitative estimate of drug-likeness (QED) is 0.210. The maximum atomic E-state index is 13.5. The SMILES string of the molecule is CCc1nc2ccc(-c3cnc(N4CCCS4)cn3)cn2c1N(CC)c1nc(-c2ccc(F)cc2)c(C#N)s1. The zero-order chi connectivity index (χ0) is 26.9. The molecule has 39 heavy (non-hydrogen) atoms. The highest BCUT2D eigenvalue weighted by Crippen LogP contribution is 2.38. The lowest BCUT2D eigenvalue weighted by Gasteiger charge is -2.21. The second-order valence-electron chi connectivity index (χ2n) is 8.97. The fraction of sp³-hybridized carbons (Fsp3) is 0.250. The van der Waals surface area contributed by atoms with E-state index in [0.717, 1.165) is 59.4 Å². The Kier molecular flexibility index (Phi) is 6.89. The standard InChI is InChI=1S/C28H25FN8S2/c1-3-21-27(35(4-2)28-34-26(23(14-30)39-28)18-6-9-20(29)10-7-18)36-17-19(8-11-24(36)33-21)22-15-32-25(16-31-22)37-12-5-13-38-37/h6-11,15-17H,3-5,12-13H2,1-2H3. The van der Waals surface area contributed by atoms with Crippen LogP contribution in [-0.2, 0) is 6.42 Å². The van der Waals surface area contributed by atoms with Crippen LogP contribution in [0.1, 0.15) is 30.8 Å². The van der Waals surface area contributed by atoms with E-state index in [2.05, 4.69) is 31.6 Å². The number of pyridine rings is 1. The summed E-state index contributed by atoms with van der Waals surface area (Å²) in [5, 5.41) is 10.5. The van der Waals surface area contributed by atoms with Gasteiger partial charge in [0.2, 0.25) is 0 Å². The number of anilines is 3. The van der Waals surface area contributed by atoms with Gasteiger partial charge in [-0.25, -0.2) is 19.3 Å². The van der Waals surface area contributed by atoms with Crippen molar-refractivity contribution in [3.63, 3.8) is 0 Å². The van der Waals surface area contributed by atoms with Crippen LogP contribution in [0.5, 0.6) is 0 Å². The van der Waals surface area contributed by atoms with Gasteiger partial charge in [0, 0.05) is 36.2 Å². The summed E-state index contributed by atoms with van der Waals surface area (Å²) in [6.07, 6.45) is 7.57. The number of nitrogens with zero attached hydrogens (tertiary/aromatic N) is 8. The molecule has 0 unspecified atom stereocenters. The Bertz CT molecular complexity index is 1670. The first-order valence-electron chi connectivity index (χ1n) is 12.8. The van der Waals surface area contributed by atoms with E-state index in [1.54, 1.807) is 24.1 Å². The highest BCUT2D eigenvalue weighted by Gasteiger charge is 2.24. The van der Waals surface area contributed by atoms with E-state index in [4.69, 9.17) is 15.0 Å². The van der Waals surface area contributed by atoms with Gasteiger partial charge in [-0.2, -0.15) is 5.26 Å². The van der Waals surface area contributed by atoms with Gasteiger partial charge in [0.25, 0.3) is 0 Å². The second kappa shape index (κ2) is 10.6. The van der Waals surface area contributed by atoms with E-state index < -0.39 is 0 Å². The number of halogens is 1. The smallest absolute Gasteiger partial charge is 0.192 e. The molecule has 0 N–H and O–H groups in total. The predicted octanol–water partition coefficient (Wildman–Crippen LogP) is 6.50. The summed E-state index contributed by atoms with van der Waals surface area (Å²) in [4.78, 5) is 21.7. The fourth-order valence-electron chi connectivity index (χ4n) is 4.66. The lowest BCUT2D eigenvalue weighted by atomic mass is 10.1. The average Bonchev–Trinajstić information content (AvgIpc) is 3.73. The van der Waals surface area contributed by atoms with E-state index >= 15 is 0 Å². The van der Waals surface area contributed by atoms with E-state index in [1.165, 1.54) is 23.5 Å².